The summed E-state index contributed by atoms with van der Waals surface area (Å²) >= 11 is 0.305. The second kappa shape index (κ2) is 5.08. The van der Waals surface area contributed by atoms with Crippen LogP contribution in [0.15, 0.2) is 42.5 Å². The summed E-state index contributed by atoms with van der Waals surface area (Å²) < 4.78 is 7.85. The zero-order chi connectivity index (χ0) is 13.2. The van der Waals surface area contributed by atoms with Gasteiger partial charge in [-0.15, -0.1) is 0 Å². The monoisotopic (exact) mass is 318 g/mol. The molecule has 3 rings (SSSR count). The van der Waals surface area contributed by atoms with Gasteiger partial charge in [-0.05, 0) is 0 Å². The van der Waals surface area contributed by atoms with Crippen LogP contribution in [0.1, 0.15) is 5.82 Å². The number of rotatable bonds is 3. The molecule has 0 aliphatic carbocycles. The Labute approximate surface area is 118 Å². The molecular formula is C15H14N2OSe. The summed E-state index contributed by atoms with van der Waals surface area (Å²) in [5.74, 6) is 1.86. The van der Waals surface area contributed by atoms with Crippen LogP contribution < -0.4 is 13.7 Å². The summed E-state index contributed by atoms with van der Waals surface area (Å²) in [6.07, 6.45) is 0. The third-order valence-corrected chi connectivity index (χ3v) is 4.96. The van der Waals surface area contributed by atoms with Gasteiger partial charge in [0.15, 0.2) is 0 Å². The van der Waals surface area contributed by atoms with Crippen LogP contribution in [0.5, 0.6) is 5.75 Å². The summed E-state index contributed by atoms with van der Waals surface area (Å²) in [7, 11) is 1.69. The molecule has 0 unspecified atom stereocenters. The number of methoxy groups -OCH3 is 1. The average molecular weight is 317 g/mol. The molecule has 96 valence electrons. The fourth-order valence-corrected chi connectivity index (χ4v) is 3.76. The van der Waals surface area contributed by atoms with Crippen LogP contribution in [0.3, 0.4) is 0 Å². The molecule has 3 nitrogen and oxygen atoms in total. The summed E-state index contributed by atoms with van der Waals surface area (Å²) in [5, 5.41) is 0. The number of aromatic amines is 1. The Morgan fingerprint density at radius 3 is 2.53 bits per heavy atom. The van der Waals surface area contributed by atoms with E-state index in [1.165, 1.54) is 8.92 Å². The van der Waals surface area contributed by atoms with Crippen molar-refractivity contribution in [2.24, 2.45) is 0 Å². The van der Waals surface area contributed by atoms with E-state index in [1.54, 1.807) is 7.11 Å². The molecule has 0 saturated heterocycles. The van der Waals surface area contributed by atoms with E-state index >= 15 is 0 Å². The summed E-state index contributed by atoms with van der Waals surface area (Å²) in [5.41, 5.74) is 2.15. The van der Waals surface area contributed by atoms with Crippen LogP contribution in [0.2, 0.25) is 0 Å². The molecule has 0 fully saturated rings. The fraction of sp³-hybridized carbons (Fsp3) is 0.133. The predicted octanol–water partition coefficient (Wildman–Crippen LogP) is 1.53. The molecule has 0 amide bonds. The van der Waals surface area contributed by atoms with Gasteiger partial charge in [-0.3, -0.25) is 0 Å². The van der Waals surface area contributed by atoms with E-state index < -0.39 is 0 Å². The van der Waals surface area contributed by atoms with Crippen molar-refractivity contribution in [1.29, 1.82) is 0 Å². The van der Waals surface area contributed by atoms with Crippen LogP contribution in [0.25, 0.3) is 11.0 Å². The summed E-state index contributed by atoms with van der Waals surface area (Å²) in [6, 6.07) is 14.7. The first kappa shape index (κ1) is 12.3. The van der Waals surface area contributed by atoms with Crippen molar-refractivity contribution >= 4 is 34.9 Å². The molecule has 0 atom stereocenters. The molecule has 0 spiro atoms. The number of nitrogens with one attached hydrogen (secondary N) is 1. The maximum atomic E-state index is 5.17. The first-order chi connectivity index (χ1) is 9.24. The van der Waals surface area contributed by atoms with E-state index in [0.717, 1.165) is 22.6 Å². The van der Waals surface area contributed by atoms with Gasteiger partial charge in [0.2, 0.25) is 0 Å². The van der Waals surface area contributed by atoms with Crippen molar-refractivity contribution in [2.45, 2.75) is 6.92 Å². The number of fused-ring (bicyclic) bond motifs is 1. The van der Waals surface area contributed by atoms with E-state index in [9.17, 15) is 0 Å². The molecule has 1 heterocycles. The van der Waals surface area contributed by atoms with E-state index in [0.29, 0.717) is 15.0 Å². The third kappa shape index (κ3) is 2.65. The molecule has 4 heteroatoms. The second-order valence-corrected chi connectivity index (χ2v) is 6.69. The van der Waals surface area contributed by atoms with Crippen LogP contribution >= 0.6 is 0 Å². The molecule has 0 bridgehead atoms. The SMILES string of the molecule is COc1ccc([Se]c2ccc3nc(C)[nH]c3c2)cc1. The Morgan fingerprint density at radius 2 is 1.79 bits per heavy atom. The van der Waals surface area contributed by atoms with Crippen LogP contribution in [-0.4, -0.2) is 32.0 Å². The summed E-state index contributed by atoms with van der Waals surface area (Å²) in [6.45, 7) is 1.98. The van der Waals surface area contributed by atoms with Gasteiger partial charge in [-0.1, -0.05) is 0 Å². The number of ether oxygens (including phenoxy) is 1. The topological polar surface area (TPSA) is 37.9 Å². The Bertz CT molecular complexity index is 704. The molecule has 0 saturated carbocycles. The van der Waals surface area contributed by atoms with Crippen molar-refractivity contribution < 1.29 is 4.74 Å². The molecular weight excluding hydrogens is 303 g/mol. The number of nitrogens with zero attached hydrogens (tertiary/aromatic N) is 1. The standard InChI is InChI=1S/C15H14N2OSe/c1-10-16-14-8-7-13(9-15(14)17-10)19-12-5-3-11(18-2)4-6-12/h3-9H,1-2H3,(H,16,17). The number of aryl methyl sites for hydroxylation is 1. The van der Waals surface area contributed by atoms with Crippen LogP contribution in [-0.2, 0) is 0 Å². The average Bonchev–Trinajstić information content (AvgIpc) is 2.79. The zero-order valence-corrected chi connectivity index (χ0v) is 12.5. The van der Waals surface area contributed by atoms with Crippen molar-refractivity contribution in [3.63, 3.8) is 0 Å². The third-order valence-electron chi connectivity index (χ3n) is 2.87. The zero-order valence-electron chi connectivity index (χ0n) is 10.8. The Hall–Kier alpha value is -1.77. The van der Waals surface area contributed by atoms with E-state index in [4.69, 9.17) is 4.74 Å². The first-order valence-corrected chi connectivity index (χ1v) is 7.74. The van der Waals surface area contributed by atoms with Gasteiger partial charge in [0.1, 0.15) is 0 Å². The molecule has 0 radical (unpaired) electrons. The summed E-state index contributed by atoms with van der Waals surface area (Å²) in [4.78, 5) is 7.70. The first-order valence-electron chi connectivity index (χ1n) is 6.03. The van der Waals surface area contributed by atoms with E-state index in [-0.39, 0.29) is 0 Å². The number of imidazole rings is 1. The molecule has 3 aromatic rings. The van der Waals surface area contributed by atoms with Gasteiger partial charge in [0, 0.05) is 0 Å². The van der Waals surface area contributed by atoms with Gasteiger partial charge >= 0.3 is 118 Å². The minimum atomic E-state index is 0.305. The van der Waals surface area contributed by atoms with E-state index in [2.05, 4.69) is 40.3 Å². The Kier molecular flexibility index (Phi) is 3.28. The molecule has 1 aromatic heterocycles. The Morgan fingerprint density at radius 1 is 1.05 bits per heavy atom. The van der Waals surface area contributed by atoms with Crippen molar-refractivity contribution in [2.75, 3.05) is 7.11 Å². The van der Waals surface area contributed by atoms with Gasteiger partial charge in [0.05, 0.1) is 0 Å². The second-order valence-electron chi connectivity index (χ2n) is 4.28. The quantitative estimate of drug-likeness (QED) is 0.744. The number of H-pyrrole nitrogens is 1. The molecule has 0 aliphatic heterocycles. The predicted molar refractivity (Wildman–Crippen MR) is 78.8 cm³/mol. The number of aromatic nitrogens is 2. The fourth-order valence-electron chi connectivity index (χ4n) is 1.96. The van der Waals surface area contributed by atoms with Crippen LogP contribution in [0.4, 0.5) is 0 Å². The van der Waals surface area contributed by atoms with Gasteiger partial charge in [-0.25, -0.2) is 0 Å². The molecule has 19 heavy (non-hydrogen) atoms. The van der Waals surface area contributed by atoms with Crippen molar-refractivity contribution in [3.05, 3.63) is 48.3 Å². The molecule has 0 aliphatic rings. The molecule has 2 aromatic carbocycles. The van der Waals surface area contributed by atoms with Crippen LogP contribution in [0, 0.1) is 6.92 Å². The number of hydrogen-bond acceptors (Lipinski definition) is 2. The van der Waals surface area contributed by atoms with Gasteiger partial charge < -0.3 is 0 Å². The van der Waals surface area contributed by atoms with Gasteiger partial charge in [0.25, 0.3) is 0 Å². The van der Waals surface area contributed by atoms with E-state index in [1.807, 2.05) is 19.1 Å². The molecule has 1 N–H and O–H groups in total. The Balaban J connectivity index is 1.87. The van der Waals surface area contributed by atoms with Gasteiger partial charge in [-0.2, -0.15) is 0 Å². The van der Waals surface area contributed by atoms with Crippen molar-refractivity contribution in [3.8, 4) is 5.75 Å². The maximum absolute atomic E-state index is 5.17. The minimum absolute atomic E-state index is 0.305. The normalized spacial score (nSPS) is 10.8. The number of hydrogen-bond donors (Lipinski definition) is 1. The van der Waals surface area contributed by atoms with Crippen molar-refractivity contribution in [1.82, 2.24) is 9.97 Å². The number of benzene rings is 2.